The Morgan fingerprint density at radius 1 is 1.08 bits per heavy atom. The Bertz CT molecular complexity index is 1560. The van der Waals surface area contributed by atoms with Crippen molar-refractivity contribution in [2.45, 2.75) is 40.0 Å². The fourth-order valence-electron chi connectivity index (χ4n) is 3.97. The predicted octanol–water partition coefficient (Wildman–Crippen LogP) is 6.11. The molecule has 0 fully saturated rings. The molecular formula is C30H31BrN4O4. The number of carbonyl (C=O) groups is 1. The molecule has 0 aliphatic rings. The summed E-state index contributed by atoms with van der Waals surface area (Å²) in [5.41, 5.74) is 2.83. The Hall–Kier alpha value is -3.98. The van der Waals surface area contributed by atoms with E-state index in [1.807, 2.05) is 50.2 Å². The third kappa shape index (κ3) is 7.11. The molecule has 0 radical (unpaired) electrons. The van der Waals surface area contributed by atoms with Crippen molar-refractivity contribution in [2.24, 2.45) is 5.10 Å². The molecule has 39 heavy (non-hydrogen) atoms. The van der Waals surface area contributed by atoms with Crippen LogP contribution in [-0.4, -0.2) is 35.0 Å². The van der Waals surface area contributed by atoms with Crippen molar-refractivity contribution in [1.29, 1.82) is 0 Å². The Morgan fingerprint density at radius 2 is 1.90 bits per heavy atom. The molecule has 3 aromatic carbocycles. The fraction of sp³-hybridized carbons (Fsp3) is 0.267. The maximum absolute atomic E-state index is 13.3. The van der Waals surface area contributed by atoms with Crippen LogP contribution in [-0.2, 0) is 11.2 Å². The molecule has 0 bridgehead atoms. The number of fused-ring (bicyclic) bond motifs is 1. The Balaban J connectivity index is 1.56. The highest BCUT2D eigenvalue weighted by molar-refractivity contribution is 9.10. The van der Waals surface area contributed by atoms with Gasteiger partial charge in [-0.1, -0.05) is 47.5 Å². The molecule has 0 aliphatic heterocycles. The van der Waals surface area contributed by atoms with E-state index < -0.39 is 0 Å². The largest absolute Gasteiger partial charge is 0.490 e. The van der Waals surface area contributed by atoms with Gasteiger partial charge in [0.15, 0.2) is 18.1 Å². The van der Waals surface area contributed by atoms with Gasteiger partial charge < -0.3 is 14.8 Å². The highest BCUT2D eigenvalue weighted by atomic mass is 79.9. The average Bonchev–Trinajstić information content (AvgIpc) is 2.93. The van der Waals surface area contributed by atoms with E-state index in [-0.39, 0.29) is 18.1 Å². The molecule has 0 saturated heterocycles. The van der Waals surface area contributed by atoms with Gasteiger partial charge in [-0.05, 0) is 73.9 Å². The van der Waals surface area contributed by atoms with Crippen LogP contribution in [0.5, 0.6) is 11.5 Å². The molecule has 0 saturated carbocycles. The molecule has 0 spiro atoms. The first kappa shape index (κ1) is 28.0. The van der Waals surface area contributed by atoms with Crippen molar-refractivity contribution in [3.05, 3.63) is 92.4 Å². The number of aromatic nitrogens is 2. The molecule has 0 unspecified atom stereocenters. The normalized spacial score (nSPS) is 11.2. The number of para-hydroxylation sites is 1. The number of anilines is 1. The predicted molar refractivity (Wildman–Crippen MR) is 158 cm³/mol. The van der Waals surface area contributed by atoms with Gasteiger partial charge in [-0.15, -0.1) is 0 Å². The van der Waals surface area contributed by atoms with Gasteiger partial charge >= 0.3 is 0 Å². The van der Waals surface area contributed by atoms with Crippen LogP contribution in [0.4, 0.5) is 5.69 Å². The second-order valence-electron chi connectivity index (χ2n) is 8.95. The molecular weight excluding hydrogens is 560 g/mol. The quantitative estimate of drug-likeness (QED) is 0.213. The standard InChI is InChI=1S/C30H31BrN4O4/c1-4-6-11-28-33-25-14-13-22(31)17-23(25)30(37)35(28)32-18-21-12-15-26(27(16-21)38-5-2)39-19-29(36)34-24-10-8-7-9-20(24)3/h7-10,12-18H,4-6,11,19H2,1-3H3,(H,34,36). The van der Waals surface area contributed by atoms with Gasteiger partial charge in [0.2, 0.25) is 0 Å². The summed E-state index contributed by atoms with van der Waals surface area (Å²) in [5.74, 6) is 1.25. The fourth-order valence-corrected chi connectivity index (χ4v) is 4.33. The number of amides is 1. The van der Waals surface area contributed by atoms with Gasteiger partial charge in [0.05, 0.1) is 23.7 Å². The molecule has 4 aromatic rings. The zero-order valence-corrected chi connectivity index (χ0v) is 23.8. The first-order valence-electron chi connectivity index (χ1n) is 12.9. The smallest absolute Gasteiger partial charge is 0.282 e. The van der Waals surface area contributed by atoms with Crippen LogP contribution < -0.4 is 20.3 Å². The highest BCUT2D eigenvalue weighted by Gasteiger charge is 2.13. The minimum atomic E-state index is -0.271. The summed E-state index contributed by atoms with van der Waals surface area (Å²) < 4.78 is 13.7. The number of aryl methyl sites for hydroxylation is 2. The summed E-state index contributed by atoms with van der Waals surface area (Å²) in [5, 5.41) is 7.86. The molecule has 4 rings (SSSR count). The van der Waals surface area contributed by atoms with E-state index in [0.717, 1.165) is 28.6 Å². The first-order valence-corrected chi connectivity index (χ1v) is 13.7. The third-order valence-electron chi connectivity index (χ3n) is 6.00. The highest BCUT2D eigenvalue weighted by Crippen LogP contribution is 2.28. The number of rotatable bonds is 11. The van der Waals surface area contributed by atoms with E-state index >= 15 is 0 Å². The number of halogens is 1. The van der Waals surface area contributed by atoms with Crippen LogP contribution in [0.3, 0.4) is 0 Å². The summed E-state index contributed by atoms with van der Waals surface area (Å²) in [7, 11) is 0. The summed E-state index contributed by atoms with van der Waals surface area (Å²) >= 11 is 3.43. The second-order valence-corrected chi connectivity index (χ2v) is 9.86. The lowest BCUT2D eigenvalue weighted by atomic mass is 10.2. The lowest BCUT2D eigenvalue weighted by Gasteiger charge is -2.13. The van der Waals surface area contributed by atoms with Crippen LogP contribution >= 0.6 is 15.9 Å². The Morgan fingerprint density at radius 3 is 2.67 bits per heavy atom. The van der Waals surface area contributed by atoms with Crippen molar-refractivity contribution in [1.82, 2.24) is 9.66 Å². The first-order chi connectivity index (χ1) is 18.9. The Kier molecular flexibility index (Phi) is 9.49. The minimum absolute atomic E-state index is 0.170. The minimum Gasteiger partial charge on any atom is -0.490 e. The second kappa shape index (κ2) is 13.2. The van der Waals surface area contributed by atoms with Crippen LogP contribution in [0.2, 0.25) is 0 Å². The van der Waals surface area contributed by atoms with Crippen molar-refractivity contribution < 1.29 is 14.3 Å². The van der Waals surface area contributed by atoms with Crippen molar-refractivity contribution >= 4 is 44.6 Å². The van der Waals surface area contributed by atoms with Gasteiger partial charge in [-0.3, -0.25) is 9.59 Å². The van der Waals surface area contributed by atoms with Gasteiger partial charge in [0.1, 0.15) is 5.82 Å². The monoisotopic (exact) mass is 590 g/mol. The van der Waals surface area contributed by atoms with Gasteiger partial charge in [-0.2, -0.15) is 9.78 Å². The molecule has 1 N–H and O–H groups in total. The zero-order chi connectivity index (χ0) is 27.8. The molecule has 1 aromatic heterocycles. The summed E-state index contributed by atoms with van der Waals surface area (Å²) in [4.78, 5) is 30.5. The van der Waals surface area contributed by atoms with Gasteiger partial charge in [0.25, 0.3) is 11.5 Å². The topological polar surface area (TPSA) is 94.8 Å². The number of nitrogens with one attached hydrogen (secondary N) is 1. The number of ether oxygens (including phenoxy) is 2. The van der Waals surface area contributed by atoms with Crippen molar-refractivity contribution in [2.75, 3.05) is 18.5 Å². The maximum Gasteiger partial charge on any atom is 0.282 e. The van der Waals surface area contributed by atoms with Crippen molar-refractivity contribution in [3.8, 4) is 11.5 Å². The molecule has 8 nitrogen and oxygen atoms in total. The number of hydrogen-bond donors (Lipinski definition) is 1. The van der Waals surface area contributed by atoms with Crippen LogP contribution in [0, 0.1) is 6.92 Å². The number of carbonyl (C=O) groups excluding carboxylic acids is 1. The van der Waals surface area contributed by atoms with E-state index in [4.69, 9.17) is 14.5 Å². The van der Waals surface area contributed by atoms with E-state index in [0.29, 0.717) is 46.8 Å². The van der Waals surface area contributed by atoms with E-state index in [2.05, 4.69) is 33.3 Å². The third-order valence-corrected chi connectivity index (χ3v) is 6.49. The summed E-state index contributed by atoms with van der Waals surface area (Å²) in [6.45, 7) is 6.13. The molecule has 0 aliphatic carbocycles. The average molecular weight is 592 g/mol. The lowest BCUT2D eigenvalue weighted by molar-refractivity contribution is -0.118. The zero-order valence-electron chi connectivity index (χ0n) is 22.2. The Labute approximate surface area is 235 Å². The number of benzene rings is 3. The number of nitrogens with zero attached hydrogens (tertiary/aromatic N) is 3. The summed E-state index contributed by atoms with van der Waals surface area (Å²) in [6, 6.07) is 18.3. The molecule has 9 heteroatoms. The molecule has 1 heterocycles. The van der Waals surface area contributed by atoms with Crippen molar-refractivity contribution in [3.63, 3.8) is 0 Å². The summed E-state index contributed by atoms with van der Waals surface area (Å²) in [6.07, 6.45) is 4.10. The number of hydrogen-bond acceptors (Lipinski definition) is 6. The van der Waals surface area contributed by atoms with Gasteiger partial charge in [-0.25, -0.2) is 4.98 Å². The molecule has 0 atom stereocenters. The maximum atomic E-state index is 13.3. The number of unbranched alkanes of at least 4 members (excludes halogenated alkanes) is 1. The van der Waals surface area contributed by atoms with Crippen LogP contribution in [0.25, 0.3) is 10.9 Å². The van der Waals surface area contributed by atoms with Gasteiger partial charge in [0, 0.05) is 16.6 Å². The van der Waals surface area contributed by atoms with E-state index in [9.17, 15) is 9.59 Å². The lowest BCUT2D eigenvalue weighted by Crippen LogP contribution is -2.22. The molecule has 202 valence electrons. The van der Waals surface area contributed by atoms with E-state index in [1.54, 1.807) is 30.5 Å². The van der Waals surface area contributed by atoms with Crippen LogP contribution in [0.1, 0.15) is 43.6 Å². The molecule has 1 amide bonds. The van der Waals surface area contributed by atoms with E-state index in [1.165, 1.54) is 4.68 Å². The SMILES string of the molecule is CCCCc1nc2ccc(Br)cc2c(=O)n1N=Cc1ccc(OCC(=O)Nc2ccccc2C)c(OCC)c1. The van der Waals surface area contributed by atoms with Crippen LogP contribution in [0.15, 0.2) is 75.0 Å².